The van der Waals surface area contributed by atoms with Crippen LogP contribution >= 0.6 is 23.2 Å². The highest BCUT2D eigenvalue weighted by Gasteiger charge is 2.16. The monoisotopic (exact) mass is 405 g/mol. The minimum atomic E-state index is -0.741. The van der Waals surface area contributed by atoms with Crippen LogP contribution in [0, 0.1) is 10.1 Å². The summed E-state index contributed by atoms with van der Waals surface area (Å²) in [6.45, 7) is 0. The molecular weight excluding hydrogens is 397 g/mol. The maximum Gasteiger partial charge on any atom is 0.329 e. The van der Waals surface area contributed by atoms with Crippen LogP contribution in [0.4, 0.5) is 5.69 Å². The number of carbonyl (C=O) groups excluding carboxylic acids is 1. The number of hydrazone groups is 1. The fourth-order valence-corrected chi connectivity index (χ4v) is 2.50. The molecule has 27 heavy (non-hydrogen) atoms. The van der Waals surface area contributed by atoms with Crippen molar-refractivity contribution in [3.05, 3.63) is 74.1 Å². The number of carbonyl (C=O) groups is 1. The molecule has 0 bridgehead atoms. The van der Waals surface area contributed by atoms with E-state index in [0.717, 1.165) is 0 Å². The lowest BCUT2D eigenvalue weighted by molar-refractivity contribution is -0.384. The van der Waals surface area contributed by atoms with Crippen molar-refractivity contribution in [2.75, 3.05) is 0 Å². The topological polar surface area (TPSA) is 124 Å². The number of halogens is 2. The summed E-state index contributed by atoms with van der Waals surface area (Å²) >= 11 is 12.0. The number of hydrogen-bond acceptors (Lipinski definition) is 7. The van der Waals surface area contributed by atoms with Crippen molar-refractivity contribution in [2.24, 2.45) is 5.10 Å². The highest BCUT2D eigenvalue weighted by atomic mass is 35.5. The van der Waals surface area contributed by atoms with E-state index in [4.69, 9.17) is 27.7 Å². The van der Waals surface area contributed by atoms with Gasteiger partial charge in [-0.3, -0.25) is 14.9 Å². The maximum absolute atomic E-state index is 12.0. The molecule has 0 unspecified atom stereocenters. The SMILES string of the molecule is O=C(N/N=C/c1c(Cl)cccc1Cl)c1nc(-c2ccc([N+](=O)[O-])cc2)no1. The first-order chi connectivity index (χ1) is 13.0. The first-order valence-corrected chi connectivity index (χ1v) is 8.07. The average Bonchev–Trinajstić information content (AvgIpc) is 3.14. The molecule has 0 aliphatic carbocycles. The molecule has 3 aromatic rings. The van der Waals surface area contributed by atoms with E-state index in [1.807, 2.05) is 0 Å². The van der Waals surface area contributed by atoms with Crippen LogP contribution < -0.4 is 5.43 Å². The van der Waals surface area contributed by atoms with Gasteiger partial charge in [-0.05, 0) is 24.3 Å². The van der Waals surface area contributed by atoms with Crippen LogP contribution in [0.1, 0.15) is 16.2 Å². The van der Waals surface area contributed by atoms with Crippen molar-refractivity contribution < 1.29 is 14.2 Å². The molecule has 2 aromatic carbocycles. The molecule has 0 aliphatic heterocycles. The van der Waals surface area contributed by atoms with E-state index >= 15 is 0 Å². The van der Waals surface area contributed by atoms with Crippen LogP contribution in [0.15, 0.2) is 52.1 Å². The Morgan fingerprint density at radius 3 is 2.48 bits per heavy atom. The zero-order valence-corrected chi connectivity index (χ0v) is 14.8. The fourth-order valence-electron chi connectivity index (χ4n) is 2.00. The third-order valence-electron chi connectivity index (χ3n) is 3.32. The molecule has 0 saturated carbocycles. The van der Waals surface area contributed by atoms with Gasteiger partial charge in [0.2, 0.25) is 5.82 Å². The van der Waals surface area contributed by atoms with Crippen LogP contribution in [0.3, 0.4) is 0 Å². The van der Waals surface area contributed by atoms with E-state index in [1.165, 1.54) is 30.5 Å². The quantitative estimate of drug-likeness (QED) is 0.391. The predicted octanol–water partition coefficient (Wildman–Crippen LogP) is 3.72. The van der Waals surface area contributed by atoms with Crippen LogP contribution in [0.5, 0.6) is 0 Å². The minimum absolute atomic E-state index is 0.0761. The van der Waals surface area contributed by atoms with Gasteiger partial charge in [0.05, 0.1) is 21.2 Å². The Kier molecular flexibility index (Phi) is 5.43. The number of nitrogens with one attached hydrogen (secondary N) is 1. The second-order valence-electron chi connectivity index (χ2n) is 5.06. The van der Waals surface area contributed by atoms with Gasteiger partial charge in [-0.25, -0.2) is 5.43 Å². The zero-order chi connectivity index (χ0) is 19.4. The Labute approximate surface area is 161 Å². The molecule has 0 atom stereocenters. The number of nitrogens with zero attached hydrogens (tertiary/aromatic N) is 4. The van der Waals surface area contributed by atoms with Crippen molar-refractivity contribution in [3.8, 4) is 11.4 Å². The van der Waals surface area contributed by atoms with Gasteiger partial charge in [0.25, 0.3) is 5.69 Å². The minimum Gasteiger partial charge on any atom is -0.328 e. The number of non-ortho nitro benzene ring substituents is 1. The molecule has 1 heterocycles. The maximum atomic E-state index is 12.0. The Balaban J connectivity index is 1.70. The highest BCUT2D eigenvalue weighted by molar-refractivity contribution is 6.38. The van der Waals surface area contributed by atoms with Crippen molar-refractivity contribution >= 4 is 41.0 Å². The number of rotatable bonds is 5. The Bertz CT molecular complexity index is 1010. The average molecular weight is 406 g/mol. The normalized spacial score (nSPS) is 10.9. The van der Waals surface area contributed by atoms with Crippen LogP contribution in [-0.4, -0.2) is 27.2 Å². The lowest BCUT2D eigenvalue weighted by Gasteiger charge is -2.00. The number of nitro groups is 1. The van der Waals surface area contributed by atoms with Crippen molar-refractivity contribution in [2.45, 2.75) is 0 Å². The lowest BCUT2D eigenvalue weighted by atomic mass is 10.2. The number of benzene rings is 2. The molecule has 0 radical (unpaired) electrons. The van der Waals surface area contributed by atoms with Gasteiger partial charge in [0.1, 0.15) is 0 Å². The van der Waals surface area contributed by atoms with Crippen LogP contribution in [0.2, 0.25) is 10.0 Å². The predicted molar refractivity (Wildman–Crippen MR) is 97.9 cm³/mol. The van der Waals surface area contributed by atoms with Gasteiger partial charge in [0, 0.05) is 23.3 Å². The number of aromatic nitrogens is 2. The molecule has 3 rings (SSSR count). The second-order valence-corrected chi connectivity index (χ2v) is 5.88. The van der Waals surface area contributed by atoms with Crippen molar-refractivity contribution in [1.82, 2.24) is 15.6 Å². The molecule has 11 heteroatoms. The van der Waals surface area contributed by atoms with Gasteiger partial charge in [-0.2, -0.15) is 10.1 Å². The summed E-state index contributed by atoms with van der Waals surface area (Å²) in [6.07, 6.45) is 1.29. The van der Waals surface area contributed by atoms with Gasteiger partial charge >= 0.3 is 11.8 Å². The summed E-state index contributed by atoms with van der Waals surface area (Å²) in [7, 11) is 0. The molecule has 0 spiro atoms. The van der Waals surface area contributed by atoms with Gasteiger partial charge in [0.15, 0.2) is 0 Å². The van der Waals surface area contributed by atoms with E-state index in [-0.39, 0.29) is 17.4 Å². The van der Waals surface area contributed by atoms with E-state index in [1.54, 1.807) is 18.2 Å². The van der Waals surface area contributed by atoms with Gasteiger partial charge < -0.3 is 4.52 Å². The standard InChI is InChI=1S/C16H9Cl2N5O4/c17-12-2-1-3-13(18)11(12)8-19-21-15(24)16-20-14(22-27-16)9-4-6-10(7-5-9)23(25)26/h1-8H,(H,21,24)/b19-8+. The molecule has 9 nitrogen and oxygen atoms in total. The molecule has 0 fully saturated rings. The van der Waals surface area contributed by atoms with Gasteiger partial charge in [-0.1, -0.05) is 34.4 Å². The van der Waals surface area contributed by atoms with E-state index < -0.39 is 10.8 Å². The summed E-state index contributed by atoms with van der Waals surface area (Å²) in [4.78, 5) is 26.1. The Morgan fingerprint density at radius 2 is 1.85 bits per heavy atom. The van der Waals surface area contributed by atoms with Crippen molar-refractivity contribution in [1.29, 1.82) is 0 Å². The van der Waals surface area contributed by atoms with Crippen LogP contribution in [-0.2, 0) is 0 Å². The molecule has 1 amide bonds. The third kappa shape index (κ3) is 4.27. The van der Waals surface area contributed by atoms with E-state index in [9.17, 15) is 14.9 Å². The van der Waals surface area contributed by atoms with E-state index in [2.05, 4.69) is 20.7 Å². The largest absolute Gasteiger partial charge is 0.329 e. The summed E-state index contributed by atoms with van der Waals surface area (Å²) in [5.74, 6) is -0.964. The number of hydrogen-bond donors (Lipinski definition) is 1. The Morgan fingerprint density at radius 1 is 1.19 bits per heavy atom. The first-order valence-electron chi connectivity index (χ1n) is 7.31. The van der Waals surface area contributed by atoms with E-state index in [0.29, 0.717) is 21.2 Å². The Hall–Kier alpha value is -3.30. The van der Waals surface area contributed by atoms with Gasteiger partial charge in [-0.15, -0.1) is 0 Å². The molecule has 0 aliphatic rings. The number of amides is 1. The van der Waals surface area contributed by atoms with Crippen LogP contribution in [0.25, 0.3) is 11.4 Å². The summed E-state index contributed by atoms with van der Waals surface area (Å²) < 4.78 is 4.88. The second kappa shape index (κ2) is 7.94. The third-order valence-corrected chi connectivity index (χ3v) is 3.98. The molecule has 1 N–H and O–H groups in total. The van der Waals surface area contributed by atoms with Crippen molar-refractivity contribution in [3.63, 3.8) is 0 Å². The summed E-state index contributed by atoms with van der Waals surface area (Å²) in [5, 5.41) is 18.8. The zero-order valence-electron chi connectivity index (χ0n) is 13.3. The summed E-state index contributed by atoms with van der Waals surface area (Å²) in [6, 6.07) is 10.4. The highest BCUT2D eigenvalue weighted by Crippen LogP contribution is 2.22. The number of nitro benzene ring substituents is 1. The summed E-state index contributed by atoms with van der Waals surface area (Å²) in [5.41, 5.74) is 3.04. The molecule has 1 aromatic heterocycles. The smallest absolute Gasteiger partial charge is 0.328 e. The molecule has 136 valence electrons. The molecular formula is C16H9Cl2N5O4. The fraction of sp³-hybridized carbons (Fsp3) is 0. The first kappa shape index (κ1) is 18.5. The molecule has 0 saturated heterocycles. The lowest BCUT2D eigenvalue weighted by Crippen LogP contribution is -2.18.